The summed E-state index contributed by atoms with van der Waals surface area (Å²) in [5, 5.41) is 4.08. The molecule has 2 rings (SSSR count). The van der Waals surface area contributed by atoms with Crippen molar-refractivity contribution in [3.63, 3.8) is 0 Å². The maximum Gasteiger partial charge on any atom is 0.345 e. The molecule has 18 heavy (non-hydrogen) atoms. The number of halogens is 1. The predicted octanol–water partition coefficient (Wildman–Crippen LogP) is 1.15. The van der Waals surface area contributed by atoms with Gasteiger partial charge in [-0.1, -0.05) is 11.6 Å². The van der Waals surface area contributed by atoms with Gasteiger partial charge in [-0.3, -0.25) is 0 Å². The lowest BCUT2D eigenvalue weighted by atomic mass is 10.3. The van der Waals surface area contributed by atoms with Crippen LogP contribution in [0.15, 0.2) is 6.20 Å². The fraction of sp³-hybridized carbons (Fsp3) is 0.300. The Bertz CT molecular complexity index is 611. The van der Waals surface area contributed by atoms with E-state index < -0.39 is 5.97 Å². The molecule has 0 bridgehead atoms. The number of nitrogens with zero attached hydrogens (tertiary/aromatic N) is 3. The van der Waals surface area contributed by atoms with Crippen LogP contribution in [0, 0.1) is 0 Å². The Labute approximate surface area is 107 Å². The number of ether oxygens (including phenoxy) is 2. The number of esters is 1. The Morgan fingerprint density at radius 1 is 1.61 bits per heavy atom. The molecular weight excluding hydrogens is 260 g/mol. The normalized spacial score (nSPS) is 10.6. The first kappa shape index (κ1) is 12.4. The van der Waals surface area contributed by atoms with Crippen molar-refractivity contribution >= 4 is 29.0 Å². The van der Waals surface area contributed by atoms with Crippen molar-refractivity contribution in [1.82, 2.24) is 14.6 Å². The van der Waals surface area contributed by atoms with Crippen LogP contribution < -0.4 is 10.5 Å². The highest BCUT2D eigenvalue weighted by molar-refractivity contribution is 6.31. The Hall–Kier alpha value is -2.02. The highest BCUT2D eigenvalue weighted by atomic mass is 35.5. The molecule has 0 aliphatic rings. The quantitative estimate of drug-likeness (QED) is 0.664. The zero-order valence-electron chi connectivity index (χ0n) is 9.81. The number of methoxy groups -OCH3 is 1. The molecule has 0 saturated carbocycles. The number of fused-ring (bicyclic) bond motifs is 1. The second kappa shape index (κ2) is 4.69. The molecule has 0 aromatic carbocycles. The number of anilines is 1. The molecule has 2 aromatic rings. The minimum Gasteiger partial charge on any atom is -0.492 e. The Morgan fingerprint density at radius 2 is 2.33 bits per heavy atom. The number of hydrogen-bond donors (Lipinski definition) is 1. The zero-order valence-corrected chi connectivity index (χ0v) is 10.6. The fourth-order valence-electron chi connectivity index (χ4n) is 1.49. The van der Waals surface area contributed by atoms with E-state index in [4.69, 9.17) is 26.8 Å². The number of hydrogen-bond acceptors (Lipinski definition) is 6. The van der Waals surface area contributed by atoms with Gasteiger partial charge in [0.2, 0.25) is 0 Å². The van der Waals surface area contributed by atoms with E-state index in [0.29, 0.717) is 5.75 Å². The summed E-state index contributed by atoms with van der Waals surface area (Å²) in [5.74, 6) is -0.217. The summed E-state index contributed by atoms with van der Waals surface area (Å²) in [6.07, 6.45) is 1.49. The lowest BCUT2D eigenvalue weighted by molar-refractivity contribution is 0.0529. The minimum absolute atomic E-state index is 0.0327. The lowest BCUT2D eigenvalue weighted by Gasteiger charge is -2.03. The Morgan fingerprint density at radius 3 is 2.94 bits per heavy atom. The zero-order chi connectivity index (χ0) is 13.3. The van der Waals surface area contributed by atoms with Gasteiger partial charge in [-0.25, -0.2) is 14.3 Å². The Balaban J connectivity index is 2.64. The van der Waals surface area contributed by atoms with E-state index in [-0.39, 0.29) is 28.8 Å². The van der Waals surface area contributed by atoms with Crippen LogP contribution in [0.1, 0.15) is 17.3 Å². The molecule has 0 aliphatic heterocycles. The molecule has 0 unspecified atom stereocenters. The summed E-state index contributed by atoms with van der Waals surface area (Å²) in [6.45, 7) is 1.93. The average molecular weight is 271 g/mol. The fourth-order valence-corrected chi connectivity index (χ4v) is 1.69. The summed E-state index contributed by atoms with van der Waals surface area (Å²) in [6, 6.07) is 0. The second-order valence-corrected chi connectivity index (χ2v) is 3.71. The summed E-state index contributed by atoms with van der Waals surface area (Å²) in [4.78, 5) is 15.8. The van der Waals surface area contributed by atoms with E-state index in [9.17, 15) is 4.79 Å². The summed E-state index contributed by atoms with van der Waals surface area (Å²) >= 11 is 5.90. The number of aromatic nitrogens is 3. The van der Waals surface area contributed by atoms with Crippen LogP contribution in [0.5, 0.6) is 5.75 Å². The third kappa shape index (κ3) is 1.92. The largest absolute Gasteiger partial charge is 0.492 e. The topological polar surface area (TPSA) is 91.7 Å². The van der Waals surface area contributed by atoms with E-state index in [1.165, 1.54) is 17.8 Å². The van der Waals surface area contributed by atoms with E-state index in [1.54, 1.807) is 6.92 Å². The van der Waals surface area contributed by atoms with Gasteiger partial charge in [0.25, 0.3) is 0 Å². The molecule has 0 fully saturated rings. The molecule has 7 nitrogen and oxygen atoms in total. The van der Waals surface area contributed by atoms with Crippen LogP contribution in [-0.4, -0.2) is 34.3 Å². The predicted molar refractivity (Wildman–Crippen MR) is 64.9 cm³/mol. The second-order valence-electron chi connectivity index (χ2n) is 3.35. The van der Waals surface area contributed by atoms with Crippen LogP contribution in [-0.2, 0) is 4.74 Å². The van der Waals surface area contributed by atoms with Crippen LogP contribution in [0.25, 0.3) is 5.65 Å². The van der Waals surface area contributed by atoms with Gasteiger partial charge in [0.05, 0.1) is 19.9 Å². The molecule has 2 N–H and O–H groups in total. The van der Waals surface area contributed by atoms with Crippen molar-refractivity contribution in [3.8, 4) is 5.75 Å². The molecular formula is C10H11ClN4O3. The number of carbonyl (C=O) groups excluding carboxylic acids is 1. The standard InChI is InChI=1S/C10H11ClN4O3/c1-3-18-10(16)6-8(12)14-15-4-5(17-2)7(11)13-9(6)15/h4H,3H2,1-2H3,(H2,12,14). The van der Waals surface area contributed by atoms with E-state index >= 15 is 0 Å². The van der Waals surface area contributed by atoms with Gasteiger partial charge in [-0.15, -0.1) is 5.10 Å². The van der Waals surface area contributed by atoms with E-state index in [2.05, 4.69) is 10.1 Å². The monoisotopic (exact) mass is 270 g/mol. The molecule has 2 heterocycles. The van der Waals surface area contributed by atoms with Crippen LogP contribution in [0.3, 0.4) is 0 Å². The molecule has 0 amide bonds. The minimum atomic E-state index is -0.585. The van der Waals surface area contributed by atoms with Crippen molar-refractivity contribution in [3.05, 3.63) is 16.9 Å². The lowest BCUT2D eigenvalue weighted by Crippen LogP contribution is -2.07. The summed E-state index contributed by atoms with van der Waals surface area (Å²) in [5.41, 5.74) is 6.00. The SMILES string of the molecule is CCOC(=O)c1c(N)nn2cc(OC)c(Cl)nc12. The van der Waals surface area contributed by atoms with Crippen LogP contribution in [0.4, 0.5) is 5.82 Å². The first-order valence-corrected chi connectivity index (χ1v) is 5.51. The van der Waals surface area contributed by atoms with Gasteiger partial charge in [-0.05, 0) is 6.92 Å². The maximum atomic E-state index is 11.7. The van der Waals surface area contributed by atoms with Crippen molar-refractivity contribution < 1.29 is 14.3 Å². The maximum absolute atomic E-state index is 11.7. The molecule has 0 radical (unpaired) electrons. The third-order valence-electron chi connectivity index (χ3n) is 2.26. The highest BCUT2D eigenvalue weighted by Gasteiger charge is 2.21. The molecule has 2 aromatic heterocycles. The molecule has 0 atom stereocenters. The van der Waals surface area contributed by atoms with E-state index in [1.807, 2.05) is 0 Å². The number of nitrogens with two attached hydrogens (primary N) is 1. The van der Waals surface area contributed by atoms with Crippen molar-refractivity contribution in [2.45, 2.75) is 6.92 Å². The van der Waals surface area contributed by atoms with Gasteiger partial charge >= 0.3 is 5.97 Å². The van der Waals surface area contributed by atoms with Gasteiger partial charge in [0.15, 0.2) is 22.4 Å². The van der Waals surface area contributed by atoms with Crippen molar-refractivity contribution in [2.75, 3.05) is 19.5 Å². The van der Waals surface area contributed by atoms with Crippen molar-refractivity contribution in [2.24, 2.45) is 0 Å². The van der Waals surface area contributed by atoms with Gasteiger partial charge in [-0.2, -0.15) is 0 Å². The van der Waals surface area contributed by atoms with Gasteiger partial charge in [0.1, 0.15) is 5.56 Å². The smallest absolute Gasteiger partial charge is 0.345 e. The molecule has 96 valence electrons. The number of rotatable bonds is 3. The molecule has 8 heteroatoms. The first-order valence-electron chi connectivity index (χ1n) is 5.14. The van der Waals surface area contributed by atoms with Gasteiger partial charge in [0, 0.05) is 0 Å². The number of nitrogen functional groups attached to an aromatic ring is 1. The van der Waals surface area contributed by atoms with Gasteiger partial charge < -0.3 is 15.2 Å². The van der Waals surface area contributed by atoms with Crippen LogP contribution >= 0.6 is 11.6 Å². The number of carbonyl (C=O) groups is 1. The molecule has 0 saturated heterocycles. The average Bonchev–Trinajstić information content (AvgIpc) is 2.63. The summed E-state index contributed by atoms with van der Waals surface area (Å²) in [7, 11) is 1.45. The Kier molecular flexibility index (Phi) is 3.24. The summed E-state index contributed by atoms with van der Waals surface area (Å²) < 4.78 is 11.2. The highest BCUT2D eigenvalue weighted by Crippen LogP contribution is 2.25. The van der Waals surface area contributed by atoms with Crippen molar-refractivity contribution in [1.29, 1.82) is 0 Å². The first-order chi connectivity index (χ1) is 8.58. The van der Waals surface area contributed by atoms with Crippen LogP contribution in [0.2, 0.25) is 5.15 Å². The third-order valence-corrected chi connectivity index (χ3v) is 2.53. The molecule has 0 aliphatic carbocycles. The van der Waals surface area contributed by atoms with E-state index in [0.717, 1.165) is 0 Å². The molecule has 0 spiro atoms.